The maximum atomic E-state index is 13.0. The SMILES string of the molecule is Cc1cccc(NC(=O)c2cc3ccccc3o/c2=N/NS(=O)(=O)c2ccc(Cl)cc2)c1. The molecular formula is C23H18ClN3O4S. The van der Waals surface area contributed by atoms with Crippen molar-refractivity contribution in [2.75, 3.05) is 5.32 Å². The Labute approximate surface area is 189 Å². The van der Waals surface area contributed by atoms with E-state index < -0.39 is 15.9 Å². The zero-order chi connectivity index (χ0) is 22.7. The molecule has 3 aromatic carbocycles. The number of carbonyl (C=O) groups excluding carboxylic acids is 1. The van der Waals surface area contributed by atoms with Gasteiger partial charge in [-0.25, -0.2) is 0 Å². The van der Waals surface area contributed by atoms with E-state index in [-0.39, 0.29) is 16.0 Å². The summed E-state index contributed by atoms with van der Waals surface area (Å²) in [6.45, 7) is 1.91. The minimum atomic E-state index is -4.00. The third-order valence-electron chi connectivity index (χ3n) is 4.57. The molecule has 0 atom stereocenters. The topological polar surface area (TPSA) is 101 Å². The van der Waals surface area contributed by atoms with Crippen LogP contribution in [0.15, 0.2) is 93.3 Å². The molecule has 0 bridgehead atoms. The van der Waals surface area contributed by atoms with E-state index in [1.54, 1.807) is 36.4 Å². The number of carbonyl (C=O) groups is 1. The number of sulfonamides is 1. The lowest BCUT2D eigenvalue weighted by molar-refractivity contribution is 0.102. The highest BCUT2D eigenvalue weighted by molar-refractivity contribution is 7.89. The molecule has 32 heavy (non-hydrogen) atoms. The molecule has 9 heteroatoms. The fourth-order valence-electron chi connectivity index (χ4n) is 3.00. The minimum Gasteiger partial charge on any atom is -0.436 e. The Bertz CT molecular complexity index is 1480. The van der Waals surface area contributed by atoms with Crippen molar-refractivity contribution in [3.63, 3.8) is 0 Å². The molecule has 0 unspecified atom stereocenters. The van der Waals surface area contributed by atoms with Gasteiger partial charge in [0, 0.05) is 16.1 Å². The number of rotatable bonds is 5. The maximum absolute atomic E-state index is 13.0. The van der Waals surface area contributed by atoms with Gasteiger partial charge in [-0.15, -0.1) is 5.10 Å². The minimum absolute atomic E-state index is 0.0304. The molecule has 1 amide bonds. The van der Waals surface area contributed by atoms with Crippen LogP contribution >= 0.6 is 11.6 Å². The summed E-state index contributed by atoms with van der Waals surface area (Å²) >= 11 is 5.82. The van der Waals surface area contributed by atoms with Crippen molar-refractivity contribution in [1.29, 1.82) is 0 Å². The number of nitrogens with zero attached hydrogens (tertiary/aromatic N) is 1. The molecule has 162 valence electrons. The van der Waals surface area contributed by atoms with E-state index in [1.165, 1.54) is 24.3 Å². The Morgan fingerprint density at radius 3 is 2.47 bits per heavy atom. The first-order valence-corrected chi connectivity index (χ1v) is 11.4. The molecule has 0 aliphatic carbocycles. The van der Waals surface area contributed by atoms with Crippen molar-refractivity contribution >= 4 is 44.2 Å². The molecule has 0 saturated heterocycles. The third kappa shape index (κ3) is 4.82. The number of hydrogen-bond donors (Lipinski definition) is 2. The molecule has 1 aromatic heterocycles. The smallest absolute Gasteiger partial charge is 0.276 e. The molecule has 7 nitrogen and oxygen atoms in total. The van der Waals surface area contributed by atoms with Gasteiger partial charge in [0.15, 0.2) is 0 Å². The van der Waals surface area contributed by atoms with Gasteiger partial charge in [0.1, 0.15) is 11.1 Å². The quantitative estimate of drug-likeness (QED) is 0.423. The van der Waals surface area contributed by atoms with E-state index in [4.69, 9.17) is 16.0 Å². The van der Waals surface area contributed by atoms with Gasteiger partial charge in [-0.2, -0.15) is 13.2 Å². The summed E-state index contributed by atoms with van der Waals surface area (Å²) in [5.41, 5.74) is 1.92. The van der Waals surface area contributed by atoms with Gasteiger partial charge in [-0.3, -0.25) is 4.79 Å². The van der Waals surface area contributed by atoms with Gasteiger partial charge in [0.05, 0.1) is 4.90 Å². The molecule has 4 rings (SSSR count). The van der Waals surface area contributed by atoms with Gasteiger partial charge >= 0.3 is 0 Å². The fourth-order valence-corrected chi connectivity index (χ4v) is 3.93. The van der Waals surface area contributed by atoms with E-state index in [0.29, 0.717) is 21.7 Å². The van der Waals surface area contributed by atoms with Crippen molar-refractivity contribution in [3.05, 3.63) is 101 Å². The number of nitrogens with one attached hydrogen (secondary N) is 2. The Balaban J connectivity index is 1.75. The van der Waals surface area contributed by atoms with E-state index in [0.717, 1.165) is 5.56 Å². The van der Waals surface area contributed by atoms with Crippen molar-refractivity contribution < 1.29 is 17.6 Å². The number of halogens is 1. The van der Waals surface area contributed by atoms with Crippen molar-refractivity contribution in [1.82, 2.24) is 4.83 Å². The van der Waals surface area contributed by atoms with Gasteiger partial charge in [-0.05, 0) is 61.0 Å². The first-order valence-electron chi connectivity index (χ1n) is 9.54. The molecule has 0 fully saturated rings. The Hall–Kier alpha value is -3.62. The molecule has 0 aliphatic rings. The van der Waals surface area contributed by atoms with Crippen molar-refractivity contribution in [2.24, 2.45) is 5.10 Å². The standard InChI is InChI=1S/C23H18ClN3O4S/c1-15-5-4-7-18(13-15)25-22(28)20-14-16-6-2-3-8-21(16)31-23(20)26-27-32(29,30)19-11-9-17(24)10-12-19/h2-14,27H,1H3,(H,25,28)/b26-23+. The van der Waals surface area contributed by atoms with E-state index in [1.807, 2.05) is 25.1 Å². The van der Waals surface area contributed by atoms with Crippen LogP contribution in [-0.4, -0.2) is 14.3 Å². The summed E-state index contributed by atoms with van der Waals surface area (Å²) in [4.78, 5) is 15.1. The lowest BCUT2D eigenvalue weighted by Gasteiger charge is -2.08. The number of amides is 1. The number of para-hydroxylation sites is 1. The highest BCUT2D eigenvalue weighted by atomic mass is 35.5. The monoisotopic (exact) mass is 467 g/mol. The number of hydrogen-bond acceptors (Lipinski definition) is 5. The van der Waals surface area contributed by atoms with Crippen LogP contribution in [0.25, 0.3) is 11.0 Å². The van der Waals surface area contributed by atoms with Crippen LogP contribution in [0.3, 0.4) is 0 Å². The zero-order valence-electron chi connectivity index (χ0n) is 16.9. The normalized spacial score (nSPS) is 12.0. The summed E-state index contributed by atoms with van der Waals surface area (Å²) in [6.07, 6.45) is 0. The van der Waals surface area contributed by atoms with E-state index in [2.05, 4.69) is 15.2 Å². The Morgan fingerprint density at radius 2 is 1.72 bits per heavy atom. The van der Waals surface area contributed by atoms with Gasteiger partial charge in [0.2, 0.25) is 5.55 Å². The Kier molecular flexibility index (Phi) is 5.98. The van der Waals surface area contributed by atoms with Gasteiger partial charge in [0.25, 0.3) is 15.9 Å². The van der Waals surface area contributed by atoms with E-state index in [9.17, 15) is 13.2 Å². The average Bonchev–Trinajstić information content (AvgIpc) is 2.77. The maximum Gasteiger partial charge on any atom is 0.276 e. The second kappa shape index (κ2) is 8.86. The fraction of sp³-hybridized carbons (Fsp3) is 0.0435. The van der Waals surface area contributed by atoms with Crippen molar-refractivity contribution in [2.45, 2.75) is 11.8 Å². The second-order valence-corrected chi connectivity index (χ2v) is 9.08. The van der Waals surface area contributed by atoms with Gasteiger partial charge < -0.3 is 9.73 Å². The summed E-state index contributed by atoms with van der Waals surface area (Å²) < 4.78 is 31.0. The van der Waals surface area contributed by atoms with Gasteiger partial charge in [-0.1, -0.05) is 41.9 Å². The van der Waals surface area contributed by atoms with Crippen LogP contribution in [0, 0.1) is 6.92 Å². The molecule has 0 spiro atoms. The third-order valence-corrected chi connectivity index (χ3v) is 6.04. The molecule has 0 saturated carbocycles. The summed E-state index contributed by atoms with van der Waals surface area (Å²) in [6, 6.07) is 21.6. The van der Waals surface area contributed by atoms with Crippen LogP contribution in [0.4, 0.5) is 5.69 Å². The molecule has 4 aromatic rings. The highest BCUT2D eigenvalue weighted by Crippen LogP contribution is 2.16. The first-order chi connectivity index (χ1) is 15.3. The first kappa shape index (κ1) is 21.6. The summed E-state index contributed by atoms with van der Waals surface area (Å²) in [7, 11) is -4.00. The molecule has 0 radical (unpaired) electrons. The lowest BCUT2D eigenvalue weighted by Crippen LogP contribution is -2.27. The van der Waals surface area contributed by atoms with Crippen molar-refractivity contribution in [3.8, 4) is 0 Å². The second-order valence-electron chi connectivity index (χ2n) is 6.99. The molecular weight excluding hydrogens is 450 g/mol. The largest absolute Gasteiger partial charge is 0.436 e. The Morgan fingerprint density at radius 1 is 0.969 bits per heavy atom. The molecule has 0 aliphatic heterocycles. The summed E-state index contributed by atoms with van der Waals surface area (Å²) in [5, 5.41) is 7.77. The number of benzene rings is 3. The highest BCUT2D eigenvalue weighted by Gasteiger charge is 2.16. The van der Waals surface area contributed by atoms with Crippen LogP contribution in [0.2, 0.25) is 5.02 Å². The number of anilines is 1. The van der Waals surface area contributed by atoms with Crippen LogP contribution in [-0.2, 0) is 10.0 Å². The lowest BCUT2D eigenvalue weighted by atomic mass is 10.1. The summed E-state index contributed by atoms with van der Waals surface area (Å²) in [5.74, 6) is -0.491. The molecule has 2 N–H and O–H groups in total. The number of aryl methyl sites for hydroxylation is 1. The van der Waals surface area contributed by atoms with E-state index >= 15 is 0 Å². The zero-order valence-corrected chi connectivity index (χ0v) is 18.4. The average molecular weight is 468 g/mol. The predicted octanol–water partition coefficient (Wildman–Crippen LogP) is 4.44. The van der Waals surface area contributed by atoms with Crippen LogP contribution in [0.5, 0.6) is 0 Å². The molecule has 1 heterocycles. The predicted molar refractivity (Wildman–Crippen MR) is 123 cm³/mol. The van der Waals surface area contributed by atoms with Crippen LogP contribution in [0.1, 0.15) is 15.9 Å². The van der Waals surface area contributed by atoms with Crippen LogP contribution < -0.4 is 15.7 Å². The number of fused-ring (bicyclic) bond motifs is 1.